The highest BCUT2D eigenvalue weighted by Gasteiger charge is 2.35. The van der Waals surface area contributed by atoms with Gasteiger partial charge in [-0.05, 0) is 90.8 Å². The van der Waals surface area contributed by atoms with Crippen molar-refractivity contribution >= 4 is 11.6 Å². The van der Waals surface area contributed by atoms with Gasteiger partial charge >= 0.3 is 0 Å². The summed E-state index contributed by atoms with van der Waals surface area (Å²) in [6, 6.07) is 16.4. The Morgan fingerprint density at radius 1 is 1.09 bits per heavy atom. The summed E-state index contributed by atoms with van der Waals surface area (Å²) in [5.74, 6) is 0.730. The first-order valence-corrected chi connectivity index (χ1v) is 11.9. The third kappa shape index (κ3) is 4.58. The Bertz CT molecular complexity index is 1170. The lowest BCUT2D eigenvalue weighted by molar-refractivity contribution is 0.0967. The van der Waals surface area contributed by atoms with E-state index in [1.165, 1.54) is 17.7 Å². The van der Waals surface area contributed by atoms with Gasteiger partial charge in [0.15, 0.2) is 0 Å². The van der Waals surface area contributed by atoms with Crippen LogP contribution in [0.4, 0.5) is 10.1 Å². The van der Waals surface area contributed by atoms with Gasteiger partial charge in [-0.3, -0.25) is 4.79 Å². The van der Waals surface area contributed by atoms with E-state index in [1.54, 1.807) is 6.07 Å². The quantitative estimate of drug-likeness (QED) is 0.451. The lowest BCUT2D eigenvalue weighted by Gasteiger charge is -2.37. The summed E-state index contributed by atoms with van der Waals surface area (Å²) in [7, 11) is 0. The standard InChI is InChI=1S/C29H32FNO3/c1-5-18(2)21-6-9-25(10-7-21)31-27(17-22-16-24(30)8-11-26(22)29(31)33)23-14-19(3)28(20(4)15-23)34-13-12-32/h6-11,14-16,18,27,32H,5,12-13,17H2,1-4H3. The molecule has 0 spiro atoms. The summed E-state index contributed by atoms with van der Waals surface area (Å²) in [4.78, 5) is 15.6. The Hall–Kier alpha value is -3.18. The number of carbonyl (C=O) groups is 1. The number of aliphatic hydroxyl groups excluding tert-OH is 1. The minimum atomic E-state index is -0.336. The first-order valence-electron chi connectivity index (χ1n) is 11.9. The molecule has 4 rings (SSSR count). The van der Waals surface area contributed by atoms with Crippen molar-refractivity contribution in [2.75, 3.05) is 18.1 Å². The van der Waals surface area contributed by atoms with E-state index < -0.39 is 0 Å². The second-order valence-electron chi connectivity index (χ2n) is 9.15. The van der Waals surface area contributed by atoms with E-state index in [0.717, 1.165) is 40.1 Å². The Balaban J connectivity index is 1.80. The predicted molar refractivity (Wildman–Crippen MR) is 133 cm³/mol. The number of hydrogen-bond donors (Lipinski definition) is 1. The van der Waals surface area contributed by atoms with Crippen LogP contribution in [-0.4, -0.2) is 24.2 Å². The first-order chi connectivity index (χ1) is 16.3. The highest BCUT2D eigenvalue weighted by molar-refractivity contribution is 6.08. The number of fused-ring (bicyclic) bond motifs is 1. The molecule has 34 heavy (non-hydrogen) atoms. The number of aryl methyl sites for hydroxylation is 2. The maximum absolute atomic E-state index is 14.1. The van der Waals surface area contributed by atoms with E-state index >= 15 is 0 Å². The second kappa shape index (κ2) is 9.98. The molecule has 1 amide bonds. The molecule has 3 aromatic carbocycles. The van der Waals surface area contributed by atoms with Gasteiger partial charge in [0.05, 0.1) is 12.6 Å². The number of aliphatic hydroxyl groups is 1. The van der Waals surface area contributed by atoms with Crippen LogP contribution in [0.2, 0.25) is 0 Å². The Kier molecular flexibility index (Phi) is 7.03. The molecule has 1 heterocycles. The molecular weight excluding hydrogens is 429 g/mol. The largest absolute Gasteiger partial charge is 0.491 e. The maximum atomic E-state index is 14.1. The molecule has 0 aliphatic carbocycles. The molecule has 0 fully saturated rings. The number of amides is 1. The average molecular weight is 462 g/mol. The Morgan fingerprint density at radius 2 is 1.76 bits per heavy atom. The monoisotopic (exact) mass is 461 g/mol. The topological polar surface area (TPSA) is 49.8 Å². The number of carbonyl (C=O) groups excluding carboxylic acids is 1. The van der Waals surface area contributed by atoms with Crippen molar-refractivity contribution in [3.63, 3.8) is 0 Å². The molecule has 0 aromatic heterocycles. The average Bonchev–Trinajstić information content (AvgIpc) is 2.82. The van der Waals surface area contributed by atoms with Crippen LogP contribution in [0, 0.1) is 19.7 Å². The zero-order valence-corrected chi connectivity index (χ0v) is 20.3. The first kappa shape index (κ1) is 24.0. The molecule has 1 aliphatic heterocycles. The molecule has 4 nitrogen and oxygen atoms in total. The number of rotatable bonds is 7. The van der Waals surface area contributed by atoms with E-state index in [0.29, 0.717) is 17.9 Å². The molecule has 0 radical (unpaired) electrons. The van der Waals surface area contributed by atoms with Gasteiger partial charge < -0.3 is 14.7 Å². The third-order valence-corrected chi connectivity index (χ3v) is 6.80. The van der Waals surface area contributed by atoms with E-state index in [2.05, 4.69) is 26.0 Å². The summed E-state index contributed by atoms with van der Waals surface area (Å²) >= 11 is 0. The van der Waals surface area contributed by atoms with Gasteiger partial charge in [-0.1, -0.05) is 38.1 Å². The van der Waals surface area contributed by atoms with E-state index in [4.69, 9.17) is 9.84 Å². The lowest BCUT2D eigenvalue weighted by Crippen LogP contribution is -2.40. The summed E-state index contributed by atoms with van der Waals surface area (Å²) in [6.45, 7) is 8.46. The molecule has 0 saturated heterocycles. The van der Waals surface area contributed by atoms with Crippen molar-refractivity contribution < 1.29 is 19.0 Å². The van der Waals surface area contributed by atoms with Gasteiger partial charge in [-0.25, -0.2) is 4.39 Å². The van der Waals surface area contributed by atoms with Crippen LogP contribution in [0.1, 0.15) is 70.4 Å². The Labute approximate surface area is 201 Å². The molecule has 2 unspecified atom stereocenters. The summed E-state index contributed by atoms with van der Waals surface area (Å²) in [6.07, 6.45) is 1.56. The van der Waals surface area contributed by atoms with Crippen molar-refractivity contribution in [1.82, 2.24) is 0 Å². The SMILES string of the molecule is CCC(C)c1ccc(N2C(=O)c3ccc(F)cc3CC2c2cc(C)c(OCCO)c(C)c2)cc1. The zero-order chi connectivity index (χ0) is 24.4. The summed E-state index contributed by atoms with van der Waals surface area (Å²) in [5, 5.41) is 9.14. The van der Waals surface area contributed by atoms with E-state index in [-0.39, 0.29) is 31.0 Å². The fourth-order valence-electron chi connectivity index (χ4n) is 4.83. The van der Waals surface area contributed by atoms with Gasteiger partial charge in [0.25, 0.3) is 5.91 Å². The van der Waals surface area contributed by atoms with Gasteiger partial charge in [0, 0.05) is 11.3 Å². The fraction of sp³-hybridized carbons (Fsp3) is 0.345. The minimum absolute atomic E-state index is 0.0550. The smallest absolute Gasteiger partial charge is 0.259 e. The minimum Gasteiger partial charge on any atom is -0.491 e. The number of hydrogen-bond acceptors (Lipinski definition) is 3. The number of nitrogens with zero attached hydrogens (tertiary/aromatic N) is 1. The van der Waals surface area contributed by atoms with Crippen molar-refractivity contribution in [3.05, 3.63) is 93.8 Å². The van der Waals surface area contributed by atoms with Crippen molar-refractivity contribution in [1.29, 1.82) is 0 Å². The molecule has 0 bridgehead atoms. The highest BCUT2D eigenvalue weighted by Crippen LogP contribution is 2.39. The fourth-order valence-corrected chi connectivity index (χ4v) is 4.83. The van der Waals surface area contributed by atoms with Crippen LogP contribution in [0.15, 0.2) is 54.6 Å². The summed E-state index contributed by atoms with van der Waals surface area (Å²) in [5.41, 5.74) is 6.18. The Morgan fingerprint density at radius 3 is 2.38 bits per heavy atom. The van der Waals surface area contributed by atoms with E-state index in [1.807, 2.05) is 43.0 Å². The number of anilines is 1. The molecule has 2 atom stereocenters. The number of ether oxygens (including phenoxy) is 1. The van der Waals surface area contributed by atoms with Crippen molar-refractivity contribution in [2.24, 2.45) is 0 Å². The summed E-state index contributed by atoms with van der Waals surface area (Å²) < 4.78 is 19.8. The number of benzene rings is 3. The predicted octanol–water partition coefficient (Wildman–Crippen LogP) is 6.27. The van der Waals surface area contributed by atoms with Crippen LogP contribution in [0.25, 0.3) is 0 Å². The van der Waals surface area contributed by atoms with Crippen LogP contribution in [-0.2, 0) is 6.42 Å². The third-order valence-electron chi connectivity index (χ3n) is 6.80. The van der Waals surface area contributed by atoms with Crippen molar-refractivity contribution in [2.45, 2.75) is 52.5 Å². The van der Waals surface area contributed by atoms with Crippen LogP contribution in [0.3, 0.4) is 0 Å². The van der Waals surface area contributed by atoms with Gasteiger partial charge in [-0.15, -0.1) is 0 Å². The van der Waals surface area contributed by atoms with Crippen LogP contribution in [0.5, 0.6) is 5.75 Å². The molecule has 1 N–H and O–H groups in total. The maximum Gasteiger partial charge on any atom is 0.259 e. The van der Waals surface area contributed by atoms with Gasteiger partial charge in [0.2, 0.25) is 0 Å². The van der Waals surface area contributed by atoms with Crippen LogP contribution < -0.4 is 9.64 Å². The highest BCUT2D eigenvalue weighted by atomic mass is 19.1. The van der Waals surface area contributed by atoms with E-state index in [9.17, 15) is 9.18 Å². The molecule has 178 valence electrons. The lowest BCUT2D eigenvalue weighted by atomic mass is 9.87. The molecule has 1 aliphatic rings. The molecule has 3 aromatic rings. The molecule has 5 heteroatoms. The van der Waals surface area contributed by atoms with Crippen molar-refractivity contribution in [3.8, 4) is 5.75 Å². The molecular formula is C29H32FNO3. The normalized spacial score (nSPS) is 16.4. The van der Waals surface area contributed by atoms with Gasteiger partial charge in [-0.2, -0.15) is 0 Å². The molecule has 0 saturated carbocycles. The second-order valence-corrected chi connectivity index (χ2v) is 9.15. The van der Waals surface area contributed by atoms with Gasteiger partial charge in [0.1, 0.15) is 18.2 Å². The van der Waals surface area contributed by atoms with Crippen LogP contribution >= 0.6 is 0 Å². The zero-order valence-electron chi connectivity index (χ0n) is 20.3. The number of halogens is 1.